The minimum Gasteiger partial charge on any atom is -0.313 e. The lowest BCUT2D eigenvalue weighted by atomic mass is 9.65. The summed E-state index contributed by atoms with van der Waals surface area (Å²) in [5.74, 6) is 0. The van der Waals surface area contributed by atoms with Gasteiger partial charge in [0.1, 0.15) is 0 Å². The summed E-state index contributed by atoms with van der Waals surface area (Å²) in [5.41, 5.74) is 3.45. The zero-order valence-corrected chi connectivity index (χ0v) is 9.77. The molecule has 1 N–H and O–H groups in total. The first-order chi connectivity index (χ1) is 7.25. The van der Waals surface area contributed by atoms with Gasteiger partial charge in [-0.25, -0.2) is 0 Å². The van der Waals surface area contributed by atoms with Crippen molar-refractivity contribution in [1.29, 1.82) is 0 Å². The Balaban J connectivity index is 2.11. The van der Waals surface area contributed by atoms with Crippen LogP contribution in [0.5, 0.6) is 0 Å². The molecule has 0 heterocycles. The molecule has 1 unspecified atom stereocenters. The number of rotatable bonds is 1. The average Bonchev–Trinajstić information content (AvgIpc) is 2.51. The third-order valence-electron chi connectivity index (χ3n) is 4.22. The third kappa shape index (κ3) is 1.26. The molecule has 0 amide bonds. The van der Waals surface area contributed by atoms with Gasteiger partial charge in [-0.2, -0.15) is 0 Å². The summed E-state index contributed by atoms with van der Waals surface area (Å²) in [7, 11) is 2.06. The number of hydrogen-bond donors (Lipinski definition) is 1. The summed E-state index contributed by atoms with van der Waals surface area (Å²) in [6.07, 6.45) is 5.33. The molecule has 0 aliphatic heterocycles. The van der Waals surface area contributed by atoms with Gasteiger partial charge in [0.15, 0.2) is 0 Å². The van der Waals surface area contributed by atoms with Gasteiger partial charge < -0.3 is 5.32 Å². The van der Waals surface area contributed by atoms with Crippen LogP contribution >= 0.6 is 11.6 Å². The molecule has 0 bridgehead atoms. The van der Waals surface area contributed by atoms with E-state index in [1.54, 1.807) is 0 Å². The molecule has 0 saturated heterocycles. The molecule has 2 aliphatic carbocycles. The van der Waals surface area contributed by atoms with E-state index in [4.69, 9.17) is 11.6 Å². The summed E-state index contributed by atoms with van der Waals surface area (Å²) in [5, 5.41) is 4.31. The zero-order chi connectivity index (χ0) is 10.5. The number of halogens is 1. The van der Waals surface area contributed by atoms with Crippen molar-refractivity contribution in [2.45, 2.75) is 37.1 Å². The van der Waals surface area contributed by atoms with Crippen molar-refractivity contribution in [3.63, 3.8) is 0 Å². The van der Waals surface area contributed by atoms with Crippen LogP contribution in [0.1, 0.15) is 42.9 Å². The minimum atomic E-state index is 0.466. The highest BCUT2D eigenvalue weighted by Gasteiger charge is 2.47. The first-order valence-corrected chi connectivity index (χ1v) is 6.10. The van der Waals surface area contributed by atoms with Crippen LogP contribution in [0.25, 0.3) is 0 Å². The molecular formula is C13H16ClN. The van der Waals surface area contributed by atoms with Gasteiger partial charge in [0.05, 0.1) is 0 Å². The Hall–Kier alpha value is -0.530. The molecule has 0 aromatic heterocycles. The Morgan fingerprint density at radius 1 is 1.40 bits per heavy atom. The van der Waals surface area contributed by atoms with Gasteiger partial charge >= 0.3 is 0 Å². The van der Waals surface area contributed by atoms with Crippen molar-refractivity contribution in [3.8, 4) is 0 Å². The molecule has 0 radical (unpaired) electrons. The summed E-state index contributed by atoms with van der Waals surface area (Å²) < 4.78 is 0. The Morgan fingerprint density at radius 2 is 2.20 bits per heavy atom. The van der Waals surface area contributed by atoms with E-state index in [2.05, 4.69) is 24.5 Å². The second-order valence-electron chi connectivity index (χ2n) is 4.91. The van der Waals surface area contributed by atoms with E-state index >= 15 is 0 Å². The fourth-order valence-electron chi connectivity index (χ4n) is 3.24. The number of hydrogen-bond acceptors (Lipinski definition) is 1. The Bertz CT molecular complexity index is 396. The Morgan fingerprint density at radius 3 is 2.80 bits per heavy atom. The van der Waals surface area contributed by atoms with Crippen LogP contribution < -0.4 is 5.32 Å². The Labute approximate surface area is 95.8 Å². The predicted molar refractivity (Wildman–Crippen MR) is 63.4 cm³/mol. The van der Waals surface area contributed by atoms with E-state index in [9.17, 15) is 0 Å². The van der Waals surface area contributed by atoms with Gasteiger partial charge in [-0.1, -0.05) is 24.1 Å². The summed E-state index contributed by atoms with van der Waals surface area (Å²) in [4.78, 5) is 0. The van der Waals surface area contributed by atoms with Gasteiger partial charge in [0.2, 0.25) is 0 Å². The lowest BCUT2D eigenvalue weighted by Gasteiger charge is -2.39. The molecule has 80 valence electrons. The second kappa shape index (κ2) is 3.23. The van der Waals surface area contributed by atoms with Crippen LogP contribution in [-0.4, -0.2) is 7.05 Å². The topological polar surface area (TPSA) is 12.0 Å². The van der Waals surface area contributed by atoms with E-state index in [1.165, 1.54) is 36.8 Å². The van der Waals surface area contributed by atoms with Crippen molar-refractivity contribution in [1.82, 2.24) is 5.32 Å². The first kappa shape index (κ1) is 9.68. The van der Waals surface area contributed by atoms with Gasteiger partial charge in [0, 0.05) is 11.1 Å². The quantitative estimate of drug-likeness (QED) is 0.766. The maximum atomic E-state index is 6.10. The third-order valence-corrected chi connectivity index (χ3v) is 4.45. The molecule has 1 nitrogen and oxygen atoms in total. The molecule has 3 rings (SSSR count). The highest BCUT2D eigenvalue weighted by molar-refractivity contribution is 6.30. The molecule has 1 aromatic rings. The molecule has 1 atom stereocenters. The van der Waals surface area contributed by atoms with Crippen molar-refractivity contribution in [3.05, 3.63) is 34.3 Å². The van der Waals surface area contributed by atoms with Crippen LogP contribution in [0, 0.1) is 0 Å². The standard InChI is InChI=1S/C13H16ClN/c1-15-12-8-13(5-2-6-13)11-7-9(14)3-4-10(11)12/h3-4,7,12,15H,2,5-6,8H2,1H3. The van der Waals surface area contributed by atoms with Crippen molar-refractivity contribution in [2.75, 3.05) is 7.05 Å². The van der Waals surface area contributed by atoms with Crippen LogP contribution in [0.2, 0.25) is 5.02 Å². The fraction of sp³-hybridized carbons (Fsp3) is 0.538. The molecule has 1 aromatic carbocycles. The van der Waals surface area contributed by atoms with Crippen molar-refractivity contribution < 1.29 is 0 Å². The second-order valence-corrected chi connectivity index (χ2v) is 5.35. The minimum absolute atomic E-state index is 0.466. The lowest BCUT2D eigenvalue weighted by molar-refractivity contribution is 0.227. The van der Waals surface area contributed by atoms with Crippen LogP contribution in [0.15, 0.2) is 18.2 Å². The van der Waals surface area contributed by atoms with E-state index in [1.807, 2.05) is 6.07 Å². The highest BCUT2D eigenvalue weighted by atomic mass is 35.5. The first-order valence-electron chi connectivity index (χ1n) is 5.72. The summed E-state index contributed by atoms with van der Waals surface area (Å²) in [6, 6.07) is 6.94. The fourth-order valence-corrected chi connectivity index (χ4v) is 3.41. The van der Waals surface area contributed by atoms with E-state index < -0.39 is 0 Å². The monoisotopic (exact) mass is 221 g/mol. The molecule has 1 fully saturated rings. The molecule has 2 heteroatoms. The molecule has 2 aliphatic rings. The normalized spacial score (nSPS) is 26.4. The molecule has 1 spiro atoms. The maximum Gasteiger partial charge on any atom is 0.0409 e. The van der Waals surface area contributed by atoms with Gasteiger partial charge in [0.25, 0.3) is 0 Å². The van der Waals surface area contributed by atoms with E-state index in [0.717, 1.165) is 5.02 Å². The van der Waals surface area contributed by atoms with Crippen LogP contribution in [-0.2, 0) is 5.41 Å². The van der Waals surface area contributed by atoms with Crippen molar-refractivity contribution in [2.24, 2.45) is 0 Å². The van der Waals surface area contributed by atoms with Gasteiger partial charge in [-0.05, 0) is 55.0 Å². The molecule has 1 saturated carbocycles. The van der Waals surface area contributed by atoms with E-state index in [-0.39, 0.29) is 0 Å². The Kier molecular flexibility index (Phi) is 2.08. The number of benzene rings is 1. The van der Waals surface area contributed by atoms with Crippen LogP contribution in [0.3, 0.4) is 0 Å². The van der Waals surface area contributed by atoms with E-state index in [0.29, 0.717) is 11.5 Å². The van der Waals surface area contributed by atoms with Crippen LogP contribution in [0.4, 0.5) is 0 Å². The SMILES string of the molecule is CNC1CC2(CCC2)c2cc(Cl)ccc21. The smallest absolute Gasteiger partial charge is 0.0409 e. The number of nitrogens with one attached hydrogen (secondary N) is 1. The summed E-state index contributed by atoms with van der Waals surface area (Å²) in [6.45, 7) is 0. The van der Waals surface area contributed by atoms with Crippen molar-refractivity contribution >= 4 is 11.6 Å². The van der Waals surface area contributed by atoms with Gasteiger partial charge in [-0.3, -0.25) is 0 Å². The zero-order valence-electron chi connectivity index (χ0n) is 9.02. The molecule has 15 heavy (non-hydrogen) atoms. The maximum absolute atomic E-state index is 6.10. The average molecular weight is 222 g/mol. The molecular weight excluding hydrogens is 206 g/mol. The summed E-state index contributed by atoms with van der Waals surface area (Å²) >= 11 is 6.10. The highest BCUT2D eigenvalue weighted by Crippen LogP contribution is 2.56. The largest absolute Gasteiger partial charge is 0.313 e. The lowest BCUT2D eigenvalue weighted by Crippen LogP contribution is -2.32. The van der Waals surface area contributed by atoms with Gasteiger partial charge in [-0.15, -0.1) is 0 Å². The predicted octanol–water partition coefficient (Wildman–Crippen LogP) is 3.43. The number of fused-ring (bicyclic) bond motifs is 2.